The smallest absolute Gasteiger partial charge is 0.127 e. The van der Waals surface area contributed by atoms with E-state index in [1.807, 2.05) is 55.5 Å². The van der Waals surface area contributed by atoms with Gasteiger partial charge in [0, 0.05) is 16.9 Å². The summed E-state index contributed by atoms with van der Waals surface area (Å²) in [4.78, 5) is 0. The molecule has 0 fully saturated rings. The van der Waals surface area contributed by atoms with Crippen molar-refractivity contribution in [2.24, 2.45) is 0 Å². The van der Waals surface area contributed by atoms with E-state index in [1.165, 1.54) is 0 Å². The molecular formula is C20H19NO. The molecule has 0 spiro atoms. The summed E-state index contributed by atoms with van der Waals surface area (Å²) in [6, 6.07) is 26.7. The lowest BCUT2D eigenvalue weighted by Crippen LogP contribution is -1.96. The molecule has 0 radical (unpaired) electrons. The molecule has 0 bridgehead atoms. The number of para-hydroxylation sites is 1. The zero-order chi connectivity index (χ0) is 15.2. The van der Waals surface area contributed by atoms with E-state index in [1.54, 1.807) is 0 Å². The van der Waals surface area contributed by atoms with Gasteiger partial charge in [-0.3, -0.25) is 0 Å². The SMILES string of the molecule is CCOc1ccc(Nc2ccccc2)cc1-c1ccccc1. The van der Waals surface area contributed by atoms with Crippen LogP contribution in [0.5, 0.6) is 5.75 Å². The summed E-state index contributed by atoms with van der Waals surface area (Å²) in [7, 11) is 0. The third-order valence-corrected chi connectivity index (χ3v) is 3.43. The Morgan fingerprint density at radius 2 is 1.45 bits per heavy atom. The second-order valence-corrected chi connectivity index (χ2v) is 5.00. The van der Waals surface area contributed by atoms with Crippen LogP contribution in [0.2, 0.25) is 0 Å². The standard InChI is InChI=1S/C20H19NO/c1-2-22-20-14-13-18(21-17-11-7-4-8-12-17)15-19(20)16-9-5-3-6-10-16/h3-15,21H,2H2,1H3. The van der Waals surface area contributed by atoms with Gasteiger partial charge in [-0.15, -0.1) is 0 Å². The molecular weight excluding hydrogens is 270 g/mol. The Labute approximate surface area is 131 Å². The third-order valence-electron chi connectivity index (χ3n) is 3.43. The number of nitrogens with one attached hydrogen (secondary N) is 1. The number of ether oxygens (including phenoxy) is 1. The Bertz CT molecular complexity index is 723. The van der Waals surface area contributed by atoms with Crippen LogP contribution >= 0.6 is 0 Å². The van der Waals surface area contributed by atoms with Gasteiger partial charge in [-0.05, 0) is 42.8 Å². The lowest BCUT2D eigenvalue weighted by atomic mass is 10.0. The van der Waals surface area contributed by atoms with Gasteiger partial charge in [0.25, 0.3) is 0 Å². The maximum absolute atomic E-state index is 5.77. The molecule has 22 heavy (non-hydrogen) atoms. The Morgan fingerprint density at radius 1 is 0.773 bits per heavy atom. The van der Waals surface area contributed by atoms with Gasteiger partial charge >= 0.3 is 0 Å². The minimum atomic E-state index is 0.658. The molecule has 2 nitrogen and oxygen atoms in total. The first-order chi connectivity index (χ1) is 10.9. The first-order valence-electron chi connectivity index (χ1n) is 7.51. The van der Waals surface area contributed by atoms with Gasteiger partial charge in [-0.2, -0.15) is 0 Å². The molecule has 0 saturated heterocycles. The molecule has 0 heterocycles. The van der Waals surface area contributed by atoms with E-state index in [0.29, 0.717) is 6.61 Å². The first-order valence-corrected chi connectivity index (χ1v) is 7.51. The van der Waals surface area contributed by atoms with Crippen molar-refractivity contribution < 1.29 is 4.74 Å². The van der Waals surface area contributed by atoms with Crippen molar-refractivity contribution in [2.45, 2.75) is 6.92 Å². The van der Waals surface area contributed by atoms with E-state index < -0.39 is 0 Å². The van der Waals surface area contributed by atoms with E-state index in [0.717, 1.165) is 28.3 Å². The molecule has 1 N–H and O–H groups in total. The second-order valence-electron chi connectivity index (χ2n) is 5.00. The Kier molecular flexibility index (Phi) is 4.40. The van der Waals surface area contributed by atoms with Crippen LogP contribution < -0.4 is 10.1 Å². The highest BCUT2D eigenvalue weighted by Crippen LogP contribution is 2.33. The minimum absolute atomic E-state index is 0.658. The van der Waals surface area contributed by atoms with Crippen molar-refractivity contribution in [3.05, 3.63) is 78.9 Å². The number of anilines is 2. The van der Waals surface area contributed by atoms with Gasteiger partial charge < -0.3 is 10.1 Å². The fourth-order valence-electron chi connectivity index (χ4n) is 2.42. The van der Waals surface area contributed by atoms with Crippen molar-refractivity contribution >= 4 is 11.4 Å². The normalized spacial score (nSPS) is 10.2. The van der Waals surface area contributed by atoms with E-state index in [9.17, 15) is 0 Å². The second kappa shape index (κ2) is 6.81. The molecule has 2 heteroatoms. The van der Waals surface area contributed by atoms with Crippen LogP contribution in [0.1, 0.15) is 6.92 Å². The highest BCUT2D eigenvalue weighted by Gasteiger charge is 2.07. The van der Waals surface area contributed by atoms with Crippen LogP contribution in [0.15, 0.2) is 78.9 Å². The molecule has 3 aromatic carbocycles. The van der Waals surface area contributed by atoms with Crippen LogP contribution in [0.3, 0.4) is 0 Å². The predicted molar refractivity (Wildman–Crippen MR) is 92.8 cm³/mol. The molecule has 0 aliphatic heterocycles. The van der Waals surface area contributed by atoms with Crippen molar-refractivity contribution in [3.63, 3.8) is 0 Å². The molecule has 0 aliphatic carbocycles. The van der Waals surface area contributed by atoms with Crippen molar-refractivity contribution in [2.75, 3.05) is 11.9 Å². The molecule has 110 valence electrons. The fourth-order valence-corrected chi connectivity index (χ4v) is 2.42. The summed E-state index contributed by atoms with van der Waals surface area (Å²) < 4.78 is 5.77. The number of benzene rings is 3. The molecule has 3 rings (SSSR count). The molecule has 0 atom stereocenters. The Morgan fingerprint density at radius 3 is 2.14 bits per heavy atom. The highest BCUT2D eigenvalue weighted by molar-refractivity contribution is 5.76. The fraction of sp³-hybridized carbons (Fsp3) is 0.100. The largest absolute Gasteiger partial charge is 0.493 e. The van der Waals surface area contributed by atoms with Gasteiger partial charge in [0.05, 0.1) is 6.61 Å². The molecule has 0 amide bonds. The Hall–Kier alpha value is -2.74. The van der Waals surface area contributed by atoms with E-state index in [4.69, 9.17) is 4.74 Å². The first kappa shape index (κ1) is 14.2. The maximum atomic E-state index is 5.77. The maximum Gasteiger partial charge on any atom is 0.127 e. The van der Waals surface area contributed by atoms with Crippen LogP contribution in [-0.2, 0) is 0 Å². The summed E-state index contributed by atoms with van der Waals surface area (Å²) >= 11 is 0. The molecule has 3 aromatic rings. The average molecular weight is 289 g/mol. The van der Waals surface area contributed by atoms with Crippen molar-refractivity contribution in [1.82, 2.24) is 0 Å². The lowest BCUT2D eigenvalue weighted by molar-refractivity contribution is 0.341. The summed E-state index contributed by atoms with van der Waals surface area (Å²) in [5, 5.41) is 3.43. The number of rotatable bonds is 5. The van der Waals surface area contributed by atoms with Gasteiger partial charge in [0.15, 0.2) is 0 Å². The minimum Gasteiger partial charge on any atom is -0.493 e. The van der Waals surface area contributed by atoms with E-state index in [-0.39, 0.29) is 0 Å². The summed E-state index contributed by atoms with van der Waals surface area (Å²) in [6.45, 7) is 2.66. The van der Waals surface area contributed by atoms with Crippen LogP contribution in [0.25, 0.3) is 11.1 Å². The number of hydrogen-bond donors (Lipinski definition) is 1. The predicted octanol–water partition coefficient (Wildman–Crippen LogP) is 5.50. The summed E-state index contributed by atoms with van der Waals surface area (Å²) in [6.07, 6.45) is 0. The lowest BCUT2D eigenvalue weighted by Gasteiger charge is -2.13. The monoisotopic (exact) mass is 289 g/mol. The van der Waals surface area contributed by atoms with Gasteiger partial charge in [0.1, 0.15) is 5.75 Å². The zero-order valence-corrected chi connectivity index (χ0v) is 12.6. The molecule has 0 saturated carbocycles. The third kappa shape index (κ3) is 3.29. The topological polar surface area (TPSA) is 21.3 Å². The summed E-state index contributed by atoms with van der Waals surface area (Å²) in [5.41, 5.74) is 4.38. The highest BCUT2D eigenvalue weighted by atomic mass is 16.5. The van der Waals surface area contributed by atoms with E-state index in [2.05, 4.69) is 35.6 Å². The average Bonchev–Trinajstić information content (AvgIpc) is 2.58. The zero-order valence-electron chi connectivity index (χ0n) is 12.6. The van der Waals surface area contributed by atoms with Gasteiger partial charge in [0.2, 0.25) is 0 Å². The molecule has 0 unspecified atom stereocenters. The Balaban J connectivity index is 1.97. The molecule has 0 aliphatic rings. The van der Waals surface area contributed by atoms with Crippen molar-refractivity contribution in [3.8, 4) is 16.9 Å². The van der Waals surface area contributed by atoms with Crippen LogP contribution in [0, 0.1) is 0 Å². The van der Waals surface area contributed by atoms with Crippen LogP contribution in [0.4, 0.5) is 11.4 Å². The molecule has 0 aromatic heterocycles. The van der Waals surface area contributed by atoms with Gasteiger partial charge in [-0.25, -0.2) is 0 Å². The number of hydrogen-bond acceptors (Lipinski definition) is 2. The summed E-state index contributed by atoms with van der Waals surface area (Å²) in [5.74, 6) is 0.910. The van der Waals surface area contributed by atoms with Crippen LogP contribution in [-0.4, -0.2) is 6.61 Å². The van der Waals surface area contributed by atoms with Crippen molar-refractivity contribution in [1.29, 1.82) is 0 Å². The van der Waals surface area contributed by atoms with Gasteiger partial charge in [-0.1, -0.05) is 48.5 Å². The van der Waals surface area contributed by atoms with E-state index >= 15 is 0 Å². The quantitative estimate of drug-likeness (QED) is 0.670.